The number of unbranched alkanes of at least 4 members (excludes halogenated alkanes) is 4. The van der Waals surface area contributed by atoms with Gasteiger partial charge in [-0.05, 0) is 18.6 Å². The maximum absolute atomic E-state index is 13.1. The molecule has 0 aliphatic heterocycles. The monoisotopic (exact) mass is 238 g/mol. The van der Waals surface area contributed by atoms with Crippen molar-refractivity contribution in [2.75, 3.05) is 6.61 Å². The van der Waals surface area contributed by atoms with Crippen LogP contribution < -0.4 is 4.74 Å². The van der Waals surface area contributed by atoms with Crippen LogP contribution in [0.3, 0.4) is 0 Å². The number of carbonyl (C=O) groups is 1. The normalized spacial score (nSPS) is 10.2. The lowest BCUT2D eigenvalue weighted by Gasteiger charge is -2.06. The Bertz CT molecular complexity index is 350. The van der Waals surface area contributed by atoms with Crippen molar-refractivity contribution in [3.8, 4) is 5.75 Å². The van der Waals surface area contributed by atoms with Gasteiger partial charge in [0.25, 0.3) is 0 Å². The smallest absolute Gasteiger partial charge is 0.150 e. The molecule has 17 heavy (non-hydrogen) atoms. The summed E-state index contributed by atoms with van der Waals surface area (Å²) in [6.45, 7) is 2.75. The second-order valence-electron chi connectivity index (χ2n) is 4.10. The van der Waals surface area contributed by atoms with E-state index in [1.807, 2.05) is 0 Å². The Labute approximate surface area is 102 Å². The van der Waals surface area contributed by atoms with Gasteiger partial charge in [0, 0.05) is 11.6 Å². The molecule has 0 unspecified atom stereocenters. The fraction of sp³-hybridized carbons (Fsp3) is 0.500. The van der Waals surface area contributed by atoms with E-state index in [2.05, 4.69) is 6.92 Å². The number of hydrogen-bond acceptors (Lipinski definition) is 2. The molecule has 0 spiro atoms. The third-order valence-corrected chi connectivity index (χ3v) is 2.55. The van der Waals surface area contributed by atoms with E-state index in [1.165, 1.54) is 31.4 Å². The minimum absolute atomic E-state index is 0.311. The van der Waals surface area contributed by atoms with E-state index in [1.54, 1.807) is 6.07 Å². The molecule has 0 aliphatic rings. The van der Waals surface area contributed by atoms with Gasteiger partial charge in [-0.1, -0.05) is 32.6 Å². The van der Waals surface area contributed by atoms with Gasteiger partial charge in [-0.25, -0.2) is 4.39 Å². The summed E-state index contributed by atoms with van der Waals surface area (Å²) in [4.78, 5) is 10.5. The van der Waals surface area contributed by atoms with Crippen molar-refractivity contribution in [3.05, 3.63) is 29.6 Å². The first-order valence-electron chi connectivity index (χ1n) is 6.15. The Hall–Kier alpha value is -1.38. The molecule has 0 aliphatic carbocycles. The zero-order valence-corrected chi connectivity index (χ0v) is 10.2. The number of carbonyl (C=O) groups excluding carboxylic acids is 1. The molecule has 1 aromatic carbocycles. The van der Waals surface area contributed by atoms with Gasteiger partial charge in [0.1, 0.15) is 17.9 Å². The molecule has 3 heteroatoms. The summed E-state index contributed by atoms with van der Waals surface area (Å²) in [5, 5.41) is 0. The second kappa shape index (κ2) is 7.82. The van der Waals surface area contributed by atoms with Gasteiger partial charge in [0.2, 0.25) is 0 Å². The average molecular weight is 238 g/mol. The first-order chi connectivity index (χ1) is 8.26. The molecule has 0 atom stereocenters. The highest BCUT2D eigenvalue weighted by molar-refractivity contribution is 5.75. The van der Waals surface area contributed by atoms with Crippen LogP contribution in [0.2, 0.25) is 0 Å². The lowest BCUT2D eigenvalue weighted by Crippen LogP contribution is -1.98. The van der Waals surface area contributed by atoms with Crippen molar-refractivity contribution < 1.29 is 13.9 Å². The molecule has 0 saturated carbocycles. The highest BCUT2D eigenvalue weighted by atomic mass is 19.1. The van der Waals surface area contributed by atoms with Gasteiger partial charge >= 0.3 is 0 Å². The van der Waals surface area contributed by atoms with Gasteiger partial charge in [-0.3, -0.25) is 4.79 Å². The average Bonchev–Trinajstić information content (AvgIpc) is 2.33. The van der Waals surface area contributed by atoms with Gasteiger partial charge < -0.3 is 4.74 Å². The quantitative estimate of drug-likeness (QED) is 0.505. The van der Waals surface area contributed by atoms with Gasteiger partial charge in [-0.15, -0.1) is 0 Å². The molecular weight excluding hydrogens is 219 g/mol. The number of rotatable bonds is 8. The van der Waals surface area contributed by atoms with E-state index < -0.39 is 5.82 Å². The summed E-state index contributed by atoms with van der Waals surface area (Å²) in [5.41, 5.74) is 0.311. The summed E-state index contributed by atoms with van der Waals surface area (Å²) in [6, 6.07) is 4.06. The Morgan fingerprint density at radius 3 is 2.65 bits per heavy atom. The fourth-order valence-corrected chi connectivity index (χ4v) is 1.63. The molecule has 0 radical (unpaired) electrons. The Morgan fingerprint density at radius 2 is 1.94 bits per heavy atom. The van der Waals surface area contributed by atoms with E-state index in [0.717, 1.165) is 12.8 Å². The molecular formula is C14H19FO2. The van der Waals surface area contributed by atoms with Crippen LogP contribution in [0.5, 0.6) is 5.75 Å². The molecule has 94 valence electrons. The van der Waals surface area contributed by atoms with Crippen molar-refractivity contribution in [2.24, 2.45) is 0 Å². The highest BCUT2D eigenvalue weighted by Gasteiger charge is 2.01. The summed E-state index contributed by atoms with van der Waals surface area (Å²) >= 11 is 0. The van der Waals surface area contributed by atoms with Crippen molar-refractivity contribution >= 4 is 6.29 Å². The van der Waals surface area contributed by atoms with Crippen LogP contribution in [0, 0.1) is 5.82 Å². The summed E-state index contributed by atoms with van der Waals surface area (Å²) in [6.07, 6.45) is 6.39. The van der Waals surface area contributed by atoms with E-state index in [4.69, 9.17) is 4.74 Å². The van der Waals surface area contributed by atoms with Crippen LogP contribution in [0.1, 0.15) is 49.4 Å². The number of halogens is 1. The van der Waals surface area contributed by atoms with Crippen molar-refractivity contribution in [1.29, 1.82) is 0 Å². The van der Waals surface area contributed by atoms with Crippen LogP contribution in [0.15, 0.2) is 18.2 Å². The largest absolute Gasteiger partial charge is 0.493 e. The molecule has 2 nitrogen and oxygen atoms in total. The molecule has 0 heterocycles. The molecule has 0 amide bonds. The van der Waals surface area contributed by atoms with Crippen molar-refractivity contribution in [2.45, 2.75) is 39.0 Å². The maximum atomic E-state index is 13.1. The van der Waals surface area contributed by atoms with Gasteiger partial charge in [-0.2, -0.15) is 0 Å². The lowest BCUT2D eigenvalue weighted by atomic mass is 10.2. The van der Waals surface area contributed by atoms with Crippen LogP contribution in [-0.4, -0.2) is 12.9 Å². The third-order valence-electron chi connectivity index (χ3n) is 2.55. The predicted octanol–water partition coefficient (Wildman–Crippen LogP) is 3.99. The van der Waals surface area contributed by atoms with Crippen LogP contribution in [0.25, 0.3) is 0 Å². The number of benzene rings is 1. The van der Waals surface area contributed by atoms with Gasteiger partial charge in [0.05, 0.1) is 6.61 Å². The van der Waals surface area contributed by atoms with E-state index in [-0.39, 0.29) is 0 Å². The topological polar surface area (TPSA) is 26.3 Å². The van der Waals surface area contributed by atoms with E-state index in [0.29, 0.717) is 24.2 Å². The fourth-order valence-electron chi connectivity index (χ4n) is 1.63. The first-order valence-corrected chi connectivity index (χ1v) is 6.15. The molecule has 0 aromatic heterocycles. The maximum Gasteiger partial charge on any atom is 0.150 e. The van der Waals surface area contributed by atoms with E-state index >= 15 is 0 Å². The number of ether oxygens (including phenoxy) is 1. The summed E-state index contributed by atoms with van der Waals surface area (Å²) < 4.78 is 18.5. The van der Waals surface area contributed by atoms with Crippen LogP contribution in [0.4, 0.5) is 4.39 Å². The Morgan fingerprint density at radius 1 is 1.18 bits per heavy atom. The SMILES string of the molecule is CCCCCCCOc1cc(F)cc(C=O)c1. The number of aldehydes is 1. The zero-order chi connectivity index (χ0) is 12.5. The summed E-state index contributed by atoms with van der Waals surface area (Å²) in [5.74, 6) is -0.00169. The predicted molar refractivity (Wildman–Crippen MR) is 66.0 cm³/mol. The first kappa shape index (κ1) is 13.7. The van der Waals surface area contributed by atoms with Crippen molar-refractivity contribution in [3.63, 3.8) is 0 Å². The molecule has 1 aromatic rings. The van der Waals surface area contributed by atoms with Crippen LogP contribution >= 0.6 is 0 Å². The zero-order valence-electron chi connectivity index (χ0n) is 10.2. The molecule has 0 bridgehead atoms. The Balaban J connectivity index is 2.31. The van der Waals surface area contributed by atoms with Crippen LogP contribution in [-0.2, 0) is 0 Å². The van der Waals surface area contributed by atoms with Gasteiger partial charge in [0.15, 0.2) is 0 Å². The number of hydrogen-bond donors (Lipinski definition) is 0. The highest BCUT2D eigenvalue weighted by Crippen LogP contribution is 2.16. The standard InChI is InChI=1S/C14H19FO2/c1-2-3-4-5-6-7-17-14-9-12(11-16)8-13(15)10-14/h8-11H,2-7H2,1H3. The molecule has 0 saturated heterocycles. The lowest BCUT2D eigenvalue weighted by molar-refractivity contribution is 0.112. The summed E-state index contributed by atoms with van der Waals surface area (Å²) in [7, 11) is 0. The molecule has 1 rings (SSSR count). The third kappa shape index (κ3) is 5.48. The van der Waals surface area contributed by atoms with E-state index in [9.17, 15) is 9.18 Å². The Kier molecular flexibility index (Phi) is 6.30. The minimum atomic E-state index is -0.435. The molecule has 0 N–H and O–H groups in total. The molecule has 0 fully saturated rings. The second-order valence-corrected chi connectivity index (χ2v) is 4.10. The van der Waals surface area contributed by atoms with Crippen molar-refractivity contribution in [1.82, 2.24) is 0 Å². The minimum Gasteiger partial charge on any atom is -0.493 e.